The zero-order valence-electron chi connectivity index (χ0n) is 11.4. The molecule has 3 aromatic rings. The summed E-state index contributed by atoms with van der Waals surface area (Å²) < 4.78 is 11.0. The molecule has 0 saturated heterocycles. The van der Waals surface area contributed by atoms with Gasteiger partial charge in [0.1, 0.15) is 23.0 Å². The third kappa shape index (κ3) is 3.30. The molecule has 0 aliphatic heterocycles. The number of benzene rings is 2. The molecule has 2 aromatic carbocycles. The number of rotatable bonds is 5. The Kier molecular flexibility index (Phi) is 3.98. The van der Waals surface area contributed by atoms with Crippen molar-refractivity contribution < 1.29 is 14.4 Å². The second kappa shape index (κ2) is 6.24. The largest absolute Gasteiger partial charge is 0.457 e. The molecule has 1 aromatic heterocycles. The molecule has 0 bridgehead atoms. The molecule has 0 radical (unpaired) electrons. The smallest absolute Gasteiger partial charge is 0.139 e. The standard InChI is InChI=1S/C17H15NO3/c19-10-9-16-12-17(18-21-16)13-5-4-8-15(11-13)20-14-6-2-1-3-7-14/h1-8,11-12,19H,9-10H2. The highest BCUT2D eigenvalue weighted by atomic mass is 16.5. The van der Waals surface area contributed by atoms with Crippen LogP contribution in [0.1, 0.15) is 5.76 Å². The molecule has 4 nitrogen and oxygen atoms in total. The van der Waals surface area contributed by atoms with Gasteiger partial charge in [0.05, 0.1) is 6.61 Å². The van der Waals surface area contributed by atoms with E-state index in [1.54, 1.807) is 0 Å². The maximum absolute atomic E-state index is 8.90. The van der Waals surface area contributed by atoms with Crippen LogP contribution in [0.2, 0.25) is 0 Å². The van der Waals surface area contributed by atoms with Crippen LogP contribution in [-0.2, 0) is 6.42 Å². The molecule has 4 heteroatoms. The normalized spacial score (nSPS) is 10.5. The first-order valence-corrected chi connectivity index (χ1v) is 6.75. The summed E-state index contributed by atoms with van der Waals surface area (Å²) in [6.07, 6.45) is 0.465. The van der Waals surface area contributed by atoms with Gasteiger partial charge >= 0.3 is 0 Å². The third-order valence-corrected chi connectivity index (χ3v) is 3.03. The van der Waals surface area contributed by atoms with Crippen LogP contribution in [0.5, 0.6) is 11.5 Å². The zero-order valence-corrected chi connectivity index (χ0v) is 11.4. The summed E-state index contributed by atoms with van der Waals surface area (Å²) in [4.78, 5) is 0. The topological polar surface area (TPSA) is 55.5 Å². The lowest BCUT2D eigenvalue weighted by Gasteiger charge is -2.06. The zero-order chi connectivity index (χ0) is 14.5. The summed E-state index contributed by atoms with van der Waals surface area (Å²) in [5.41, 5.74) is 1.65. The second-order valence-corrected chi connectivity index (χ2v) is 4.60. The number of hydrogen-bond donors (Lipinski definition) is 1. The number of nitrogens with zero attached hydrogens (tertiary/aromatic N) is 1. The molecule has 3 rings (SSSR count). The Hall–Kier alpha value is -2.59. The van der Waals surface area contributed by atoms with Crippen LogP contribution in [0.4, 0.5) is 0 Å². The lowest BCUT2D eigenvalue weighted by molar-refractivity contribution is 0.277. The van der Waals surface area contributed by atoms with Crippen LogP contribution in [0.25, 0.3) is 11.3 Å². The van der Waals surface area contributed by atoms with E-state index in [0.29, 0.717) is 12.2 Å². The van der Waals surface area contributed by atoms with E-state index in [1.165, 1.54) is 0 Å². The number of hydrogen-bond acceptors (Lipinski definition) is 4. The minimum absolute atomic E-state index is 0.0474. The minimum Gasteiger partial charge on any atom is -0.457 e. The average molecular weight is 281 g/mol. The van der Waals surface area contributed by atoms with Gasteiger partial charge in [-0.1, -0.05) is 35.5 Å². The third-order valence-electron chi connectivity index (χ3n) is 3.03. The van der Waals surface area contributed by atoms with E-state index in [1.807, 2.05) is 60.7 Å². The highest BCUT2D eigenvalue weighted by Gasteiger charge is 2.07. The monoisotopic (exact) mass is 281 g/mol. The predicted molar refractivity (Wildman–Crippen MR) is 79.2 cm³/mol. The molecule has 0 aliphatic carbocycles. The molecule has 106 valence electrons. The molecule has 0 aliphatic rings. The molecule has 1 N–H and O–H groups in total. The summed E-state index contributed by atoms with van der Waals surface area (Å²) in [6.45, 7) is 0.0474. The van der Waals surface area contributed by atoms with E-state index in [0.717, 1.165) is 22.8 Å². The van der Waals surface area contributed by atoms with E-state index in [2.05, 4.69) is 5.16 Å². The molecule has 21 heavy (non-hydrogen) atoms. The van der Waals surface area contributed by atoms with Crippen molar-refractivity contribution in [2.45, 2.75) is 6.42 Å². The molecular formula is C17H15NO3. The van der Waals surface area contributed by atoms with Gasteiger partial charge < -0.3 is 14.4 Å². The van der Waals surface area contributed by atoms with Gasteiger partial charge in [-0.2, -0.15) is 0 Å². The lowest BCUT2D eigenvalue weighted by Crippen LogP contribution is -1.86. The highest BCUT2D eigenvalue weighted by Crippen LogP contribution is 2.27. The van der Waals surface area contributed by atoms with Crippen molar-refractivity contribution in [1.29, 1.82) is 0 Å². The number of aromatic nitrogens is 1. The first-order chi connectivity index (χ1) is 10.3. The molecule has 0 atom stereocenters. The Morgan fingerprint density at radius 1 is 0.952 bits per heavy atom. The highest BCUT2D eigenvalue weighted by molar-refractivity contribution is 5.61. The first kappa shape index (κ1) is 13.4. The first-order valence-electron chi connectivity index (χ1n) is 6.75. The average Bonchev–Trinajstić information content (AvgIpc) is 2.98. The fourth-order valence-corrected chi connectivity index (χ4v) is 2.02. The summed E-state index contributed by atoms with van der Waals surface area (Å²) in [5, 5.41) is 12.9. The summed E-state index contributed by atoms with van der Waals surface area (Å²) in [7, 11) is 0. The van der Waals surface area contributed by atoms with E-state index in [9.17, 15) is 0 Å². The number of aliphatic hydroxyl groups excluding tert-OH is 1. The van der Waals surface area contributed by atoms with Gasteiger partial charge in [-0.3, -0.25) is 0 Å². The van der Waals surface area contributed by atoms with E-state index in [-0.39, 0.29) is 6.61 Å². The van der Waals surface area contributed by atoms with Gasteiger partial charge in [-0.15, -0.1) is 0 Å². The van der Waals surface area contributed by atoms with Crippen LogP contribution in [0, 0.1) is 0 Å². The number of ether oxygens (including phenoxy) is 1. The molecule has 0 spiro atoms. The van der Waals surface area contributed by atoms with Crippen molar-refractivity contribution in [3.63, 3.8) is 0 Å². The minimum atomic E-state index is 0.0474. The molecule has 1 heterocycles. The van der Waals surface area contributed by atoms with E-state index in [4.69, 9.17) is 14.4 Å². The maximum atomic E-state index is 8.90. The van der Waals surface area contributed by atoms with Crippen molar-refractivity contribution in [3.05, 3.63) is 66.4 Å². The number of para-hydroxylation sites is 1. The fraction of sp³-hybridized carbons (Fsp3) is 0.118. The number of aliphatic hydroxyl groups is 1. The van der Waals surface area contributed by atoms with Crippen molar-refractivity contribution in [2.24, 2.45) is 0 Å². The van der Waals surface area contributed by atoms with Gasteiger partial charge in [-0.05, 0) is 24.3 Å². The van der Waals surface area contributed by atoms with E-state index >= 15 is 0 Å². The molecular weight excluding hydrogens is 266 g/mol. The second-order valence-electron chi connectivity index (χ2n) is 4.60. The van der Waals surface area contributed by atoms with Crippen LogP contribution in [-0.4, -0.2) is 16.9 Å². The van der Waals surface area contributed by atoms with Crippen LogP contribution in [0.15, 0.2) is 65.2 Å². The van der Waals surface area contributed by atoms with Crippen molar-refractivity contribution in [3.8, 4) is 22.8 Å². The Morgan fingerprint density at radius 2 is 1.76 bits per heavy atom. The quantitative estimate of drug-likeness (QED) is 0.775. The summed E-state index contributed by atoms with van der Waals surface area (Å²) >= 11 is 0. The van der Waals surface area contributed by atoms with Gasteiger partial charge in [0.25, 0.3) is 0 Å². The van der Waals surface area contributed by atoms with Crippen LogP contribution < -0.4 is 4.74 Å². The van der Waals surface area contributed by atoms with Crippen LogP contribution in [0.3, 0.4) is 0 Å². The van der Waals surface area contributed by atoms with E-state index < -0.39 is 0 Å². The Morgan fingerprint density at radius 3 is 2.57 bits per heavy atom. The molecule has 0 amide bonds. The lowest BCUT2D eigenvalue weighted by atomic mass is 10.1. The fourth-order valence-electron chi connectivity index (χ4n) is 2.02. The molecule has 0 fully saturated rings. The van der Waals surface area contributed by atoms with Crippen molar-refractivity contribution in [1.82, 2.24) is 5.16 Å². The van der Waals surface area contributed by atoms with Crippen molar-refractivity contribution >= 4 is 0 Å². The molecule has 0 unspecified atom stereocenters. The SMILES string of the molecule is OCCc1cc(-c2cccc(Oc3ccccc3)c2)no1. The Labute approximate surface area is 122 Å². The van der Waals surface area contributed by atoms with Crippen molar-refractivity contribution in [2.75, 3.05) is 6.61 Å². The Balaban J connectivity index is 1.82. The van der Waals surface area contributed by atoms with Gasteiger partial charge in [-0.25, -0.2) is 0 Å². The summed E-state index contributed by atoms with van der Waals surface area (Å²) in [6, 6.07) is 19.1. The van der Waals surface area contributed by atoms with Gasteiger partial charge in [0.2, 0.25) is 0 Å². The molecule has 0 saturated carbocycles. The summed E-state index contributed by atoms with van der Waals surface area (Å²) in [5.74, 6) is 2.20. The van der Waals surface area contributed by atoms with Gasteiger partial charge in [0.15, 0.2) is 0 Å². The van der Waals surface area contributed by atoms with Gasteiger partial charge in [0, 0.05) is 18.1 Å². The Bertz CT molecular complexity index is 707. The predicted octanol–water partition coefficient (Wildman–Crippen LogP) is 3.67. The maximum Gasteiger partial charge on any atom is 0.139 e. The van der Waals surface area contributed by atoms with Crippen LogP contribution >= 0.6 is 0 Å².